The van der Waals surface area contributed by atoms with Crippen LogP contribution < -0.4 is 19.3 Å². The van der Waals surface area contributed by atoms with Crippen molar-refractivity contribution in [2.45, 2.75) is 13.8 Å². The first-order valence-electron chi connectivity index (χ1n) is 9.66. The molecule has 0 saturated carbocycles. The van der Waals surface area contributed by atoms with Crippen LogP contribution in [-0.4, -0.2) is 29.7 Å². The molecule has 31 heavy (non-hydrogen) atoms. The predicted octanol–water partition coefficient (Wildman–Crippen LogP) is 2.85. The standard InChI is InChI=1S/C24H21NO6/c1-15-11-18(16(2)25(15)19-6-10-22-23(12-19)31-14-30-22)5-9-21(26)17-3-7-20(8-4-17)29-13-24(27)28/h3-12H,13-14H2,1-2H3,(H,27,28)/p-1/b9-5+. The lowest BCUT2D eigenvalue weighted by Crippen LogP contribution is -2.28. The summed E-state index contributed by atoms with van der Waals surface area (Å²) in [5, 5.41) is 10.4. The van der Waals surface area contributed by atoms with E-state index in [-0.39, 0.29) is 12.6 Å². The van der Waals surface area contributed by atoms with E-state index in [9.17, 15) is 14.7 Å². The van der Waals surface area contributed by atoms with Gasteiger partial charge in [0.05, 0.1) is 5.97 Å². The first-order chi connectivity index (χ1) is 14.9. The number of carboxylic acid groups (broad SMARTS) is 1. The van der Waals surface area contributed by atoms with Gasteiger partial charge in [0.25, 0.3) is 0 Å². The van der Waals surface area contributed by atoms with Crippen LogP contribution in [0.3, 0.4) is 0 Å². The number of carbonyl (C=O) groups excluding carboxylic acids is 2. The monoisotopic (exact) mass is 418 g/mol. The largest absolute Gasteiger partial charge is 0.546 e. The lowest BCUT2D eigenvalue weighted by Gasteiger charge is -2.10. The molecule has 0 unspecified atom stereocenters. The Morgan fingerprint density at radius 2 is 1.81 bits per heavy atom. The van der Waals surface area contributed by atoms with E-state index in [2.05, 4.69) is 4.57 Å². The Morgan fingerprint density at radius 3 is 2.55 bits per heavy atom. The number of rotatable bonds is 7. The maximum Gasteiger partial charge on any atom is 0.231 e. The van der Waals surface area contributed by atoms with Gasteiger partial charge >= 0.3 is 0 Å². The Labute approximate surface area is 179 Å². The Hall–Kier alpha value is -4.00. The third-order valence-corrected chi connectivity index (χ3v) is 4.99. The van der Waals surface area contributed by atoms with Gasteiger partial charge in [-0.15, -0.1) is 0 Å². The average Bonchev–Trinajstić information content (AvgIpc) is 3.34. The first-order valence-corrected chi connectivity index (χ1v) is 9.66. The van der Waals surface area contributed by atoms with Crippen molar-refractivity contribution in [2.24, 2.45) is 0 Å². The van der Waals surface area contributed by atoms with Crippen LogP contribution in [0, 0.1) is 13.8 Å². The maximum absolute atomic E-state index is 12.5. The van der Waals surface area contributed by atoms with E-state index in [0.717, 1.165) is 28.4 Å². The molecule has 158 valence electrons. The minimum Gasteiger partial charge on any atom is -0.546 e. The average molecular weight is 418 g/mol. The van der Waals surface area contributed by atoms with E-state index < -0.39 is 12.6 Å². The Balaban J connectivity index is 1.51. The van der Waals surface area contributed by atoms with E-state index in [1.54, 1.807) is 30.3 Å². The first kappa shape index (κ1) is 20.3. The molecule has 0 radical (unpaired) electrons. The minimum absolute atomic E-state index is 0.167. The summed E-state index contributed by atoms with van der Waals surface area (Å²) in [6, 6.07) is 14.1. The van der Waals surface area contributed by atoms with Gasteiger partial charge in [-0.1, -0.05) is 0 Å². The molecular formula is C24H20NO6-. The highest BCUT2D eigenvalue weighted by Crippen LogP contribution is 2.35. The van der Waals surface area contributed by atoms with Crippen LogP contribution in [0.2, 0.25) is 0 Å². The number of aliphatic carboxylic acids is 1. The van der Waals surface area contributed by atoms with Crippen molar-refractivity contribution in [1.82, 2.24) is 4.57 Å². The SMILES string of the molecule is Cc1cc(/C=C/C(=O)c2ccc(OCC(=O)[O-])cc2)c(C)n1-c1ccc2c(c1)OCO2. The van der Waals surface area contributed by atoms with Crippen molar-refractivity contribution >= 4 is 17.8 Å². The van der Waals surface area contributed by atoms with Gasteiger partial charge in [0, 0.05) is 28.7 Å². The van der Waals surface area contributed by atoms with Crippen LogP contribution in [0.5, 0.6) is 17.2 Å². The summed E-state index contributed by atoms with van der Waals surface area (Å²) in [6.07, 6.45) is 3.30. The zero-order valence-electron chi connectivity index (χ0n) is 17.1. The van der Waals surface area contributed by atoms with Crippen LogP contribution in [0.4, 0.5) is 0 Å². The van der Waals surface area contributed by atoms with Gasteiger partial charge < -0.3 is 28.7 Å². The fraction of sp³-hybridized carbons (Fsp3) is 0.167. The van der Waals surface area contributed by atoms with Crippen LogP contribution in [0.25, 0.3) is 11.8 Å². The highest BCUT2D eigenvalue weighted by molar-refractivity contribution is 6.06. The third-order valence-electron chi connectivity index (χ3n) is 4.99. The third kappa shape index (κ3) is 4.30. The number of nitrogens with zero attached hydrogens (tertiary/aromatic N) is 1. The lowest BCUT2D eigenvalue weighted by molar-refractivity contribution is -0.307. The Kier molecular flexibility index (Phi) is 5.49. The summed E-state index contributed by atoms with van der Waals surface area (Å²) in [4.78, 5) is 23.0. The molecule has 2 aromatic carbocycles. The molecule has 7 heteroatoms. The number of fused-ring (bicyclic) bond motifs is 1. The van der Waals surface area contributed by atoms with Gasteiger partial charge in [-0.3, -0.25) is 4.79 Å². The molecule has 0 aliphatic carbocycles. The van der Waals surface area contributed by atoms with Gasteiger partial charge in [-0.2, -0.15) is 0 Å². The van der Waals surface area contributed by atoms with Crippen molar-refractivity contribution in [3.63, 3.8) is 0 Å². The lowest BCUT2D eigenvalue weighted by atomic mass is 10.1. The summed E-state index contributed by atoms with van der Waals surface area (Å²) in [7, 11) is 0. The zero-order valence-corrected chi connectivity index (χ0v) is 17.1. The normalized spacial score (nSPS) is 12.3. The fourth-order valence-corrected chi connectivity index (χ4v) is 3.50. The summed E-state index contributed by atoms with van der Waals surface area (Å²) < 4.78 is 18.0. The molecule has 0 saturated heterocycles. The molecule has 1 aliphatic rings. The molecule has 0 fully saturated rings. The number of hydrogen-bond acceptors (Lipinski definition) is 6. The number of aryl methyl sites for hydroxylation is 1. The van der Waals surface area contributed by atoms with Gasteiger partial charge in [-0.05, 0) is 74.0 Å². The number of allylic oxidation sites excluding steroid dienone is 1. The second kappa shape index (κ2) is 8.39. The number of carbonyl (C=O) groups is 2. The van der Waals surface area contributed by atoms with Crippen molar-refractivity contribution < 1.29 is 28.9 Å². The van der Waals surface area contributed by atoms with E-state index in [0.29, 0.717) is 17.1 Å². The number of ketones is 1. The molecule has 7 nitrogen and oxygen atoms in total. The van der Waals surface area contributed by atoms with Gasteiger partial charge in [0.1, 0.15) is 12.4 Å². The molecule has 1 aromatic heterocycles. The second-order valence-corrected chi connectivity index (χ2v) is 7.08. The van der Waals surface area contributed by atoms with Gasteiger partial charge in [0.2, 0.25) is 6.79 Å². The van der Waals surface area contributed by atoms with Crippen molar-refractivity contribution in [1.29, 1.82) is 0 Å². The van der Waals surface area contributed by atoms with Gasteiger partial charge in [-0.25, -0.2) is 0 Å². The summed E-state index contributed by atoms with van der Waals surface area (Å²) >= 11 is 0. The summed E-state index contributed by atoms with van der Waals surface area (Å²) in [5.74, 6) is 0.329. The minimum atomic E-state index is -1.30. The van der Waals surface area contributed by atoms with Gasteiger partial charge in [0.15, 0.2) is 17.3 Å². The smallest absolute Gasteiger partial charge is 0.231 e. The predicted molar refractivity (Wildman–Crippen MR) is 112 cm³/mol. The van der Waals surface area contributed by atoms with E-state index >= 15 is 0 Å². The number of benzene rings is 2. The topological polar surface area (TPSA) is 89.8 Å². The number of ether oxygens (including phenoxy) is 3. The quantitative estimate of drug-likeness (QED) is 0.433. The molecule has 0 spiro atoms. The van der Waals surface area contributed by atoms with Crippen LogP contribution >= 0.6 is 0 Å². The number of aromatic nitrogens is 1. The molecule has 2 heterocycles. The van der Waals surface area contributed by atoms with Crippen LogP contribution in [-0.2, 0) is 4.79 Å². The van der Waals surface area contributed by atoms with E-state index in [1.165, 1.54) is 6.08 Å². The molecule has 0 atom stereocenters. The summed E-state index contributed by atoms with van der Waals surface area (Å²) in [6.45, 7) is 3.68. The fourth-order valence-electron chi connectivity index (χ4n) is 3.50. The highest BCUT2D eigenvalue weighted by atomic mass is 16.7. The number of carboxylic acids is 1. The van der Waals surface area contributed by atoms with Crippen LogP contribution in [0.15, 0.2) is 54.6 Å². The number of hydrogen-bond donors (Lipinski definition) is 0. The van der Waals surface area contributed by atoms with E-state index in [1.807, 2.05) is 38.1 Å². The Morgan fingerprint density at radius 1 is 1.06 bits per heavy atom. The molecule has 0 bridgehead atoms. The molecule has 3 aromatic rings. The molecule has 4 rings (SSSR count). The molecule has 1 aliphatic heterocycles. The molecule has 0 amide bonds. The second-order valence-electron chi connectivity index (χ2n) is 7.08. The summed E-state index contributed by atoms with van der Waals surface area (Å²) in [5.41, 5.74) is 4.38. The van der Waals surface area contributed by atoms with Crippen molar-refractivity contribution in [2.75, 3.05) is 13.4 Å². The highest BCUT2D eigenvalue weighted by Gasteiger charge is 2.16. The molecular weight excluding hydrogens is 398 g/mol. The van der Waals surface area contributed by atoms with Crippen molar-refractivity contribution in [3.05, 3.63) is 77.1 Å². The zero-order chi connectivity index (χ0) is 22.0. The van der Waals surface area contributed by atoms with Crippen LogP contribution in [0.1, 0.15) is 27.3 Å². The Bertz CT molecular complexity index is 1170. The van der Waals surface area contributed by atoms with Crippen molar-refractivity contribution in [3.8, 4) is 22.9 Å². The molecule has 0 N–H and O–H groups in total. The van der Waals surface area contributed by atoms with E-state index in [4.69, 9.17) is 14.2 Å². The maximum atomic E-state index is 12.5.